The van der Waals surface area contributed by atoms with Gasteiger partial charge in [-0.15, -0.1) is 11.3 Å². The van der Waals surface area contributed by atoms with Crippen molar-refractivity contribution in [1.82, 2.24) is 10.3 Å². The van der Waals surface area contributed by atoms with Gasteiger partial charge in [-0.05, 0) is 19.2 Å². The first-order chi connectivity index (χ1) is 9.21. The van der Waals surface area contributed by atoms with Crippen molar-refractivity contribution in [3.05, 3.63) is 28.2 Å². The van der Waals surface area contributed by atoms with E-state index in [4.69, 9.17) is 21.1 Å². The second-order valence-electron chi connectivity index (χ2n) is 3.82. The molecular formula is C13H15ClN2O2S. The molecule has 0 aliphatic heterocycles. The fourth-order valence-electron chi connectivity index (χ4n) is 1.74. The molecule has 1 heterocycles. The van der Waals surface area contributed by atoms with E-state index in [1.807, 2.05) is 25.4 Å². The zero-order valence-corrected chi connectivity index (χ0v) is 12.6. The van der Waals surface area contributed by atoms with Gasteiger partial charge < -0.3 is 14.8 Å². The number of nitrogens with one attached hydrogen (secondary N) is 1. The molecule has 6 heteroatoms. The van der Waals surface area contributed by atoms with Crippen LogP contribution in [0.2, 0.25) is 5.02 Å². The van der Waals surface area contributed by atoms with E-state index in [0.717, 1.165) is 22.0 Å². The number of aromatic nitrogens is 1. The Balaban J connectivity index is 2.44. The topological polar surface area (TPSA) is 43.4 Å². The summed E-state index contributed by atoms with van der Waals surface area (Å²) in [5.74, 6) is 1.15. The minimum atomic E-state index is 0.521. The van der Waals surface area contributed by atoms with Gasteiger partial charge in [-0.1, -0.05) is 11.6 Å². The minimum absolute atomic E-state index is 0.521. The molecule has 0 saturated heterocycles. The molecule has 1 N–H and O–H groups in total. The van der Waals surface area contributed by atoms with Gasteiger partial charge in [0.05, 0.1) is 19.2 Å². The molecule has 0 aliphatic carbocycles. The predicted octanol–water partition coefficient (Wildman–Crippen LogP) is 3.20. The molecule has 0 spiro atoms. The molecule has 102 valence electrons. The smallest absolute Gasteiger partial charge is 0.180 e. The van der Waals surface area contributed by atoms with E-state index in [-0.39, 0.29) is 0 Å². The summed E-state index contributed by atoms with van der Waals surface area (Å²) in [7, 11) is 5.06. The van der Waals surface area contributed by atoms with E-state index in [9.17, 15) is 0 Å². The summed E-state index contributed by atoms with van der Waals surface area (Å²) < 4.78 is 10.5. The average Bonchev–Trinajstić information content (AvgIpc) is 2.87. The second kappa shape index (κ2) is 6.23. The maximum absolute atomic E-state index is 6.36. The SMILES string of the molecule is CNCc1cnc(-c2ccc(OC)c(OC)c2Cl)s1. The Kier molecular flexibility index (Phi) is 4.63. The number of hydrogen-bond donors (Lipinski definition) is 1. The van der Waals surface area contributed by atoms with Crippen molar-refractivity contribution in [1.29, 1.82) is 0 Å². The number of rotatable bonds is 5. The van der Waals surface area contributed by atoms with Crippen LogP contribution in [0.15, 0.2) is 18.3 Å². The Hall–Kier alpha value is -1.30. The highest BCUT2D eigenvalue weighted by atomic mass is 35.5. The quantitative estimate of drug-likeness (QED) is 0.920. The summed E-state index contributed by atoms with van der Waals surface area (Å²) in [6.07, 6.45) is 1.85. The molecule has 2 rings (SSSR count). The van der Waals surface area contributed by atoms with Crippen LogP contribution in [-0.4, -0.2) is 26.3 Å². The van der Waals surface area contributed by atoms with Crippen LogP contribution >= 0.6 is 22.9 Å². The highest BCUT2D eigenvalue weighted by Gasteiger charge is 2.16. The van der Waals surface area contributed by atoms with E-state index in [0.29, 0.717) is 16.5 Å². The van der Waals surface area contributed by atoms with Crippen LogP contribution in [0, 0.1) is 0 Å². The van der Waals surface area contributed by atoms with E-state index >= 15 is 0 Å². The van der Waals surface area contributed by atoms with E-state index in [1.54, 1.807) is 25.6 Å². The van der Waals surface area contributed by atoms with Crippen molar-refractivity contribution in [2.24, 2.45) is 0 Å². The lowest BCUT2D eigenvalue weighted by Gasteiger charge is -2.11. The van der Waals surface area contributed by atoms with Crippen LogP contribution in [0.3, 0.4) is 0 Å². The summed E-state index contributed by atoms with van der Waals surface area (Å²) in [5, 5.41) is 4.49. The molecule has 0 amide bonds. The first-order valence-corrected chi connectivity index (χ1v) is 6.90. The number of thiazole rings is 1. The second-order valence-corrected chi connectivity index (χ2v) is 5.32. The van der Waals surface area contributed by atoms with Crippen LogP contribution in [0.4, 0.5) is 0 Å². The predicted molar refractivity (Wildman–Crippen MR) is 78.4 cm³/mol. The Bertz CT molecular complexity index is 572. The van der Waals surface area contributed by atoms with Gasteiger partial charge in [-0.2, -0.15) is 0 Å². The molecule has 0 radical (unpaired) electrons. The number of ether oxygens (including phenoxy) is 2. The lowest BCUT2D eigenvalue weighted by molar-refractivity contribution is 0.355. The van der Waals surface area contributed by atoms with Gasteiger partial charge in [0, 0.05) is 23.2 Å². The van der Waals surface area contributed by atoms with Crippen molar-refractivity contribution in [3.63, 3.8) is 0 Å². The monoisotopic (exact) mass is 298 g/mol. The van der Waals surface area contributed by atoms with Crippen molar-refractivity contribution in [2.45, 2.75) is 6.54 Å². The number of benzene rings is 1. The average molecular weight is 299 g/mol. The van der Waals surface area contributed by atoms with Gasteiger partial charge in [0.25, 0.3) is 0 Å². The Morgan fingerprint density at radius 3 is 2.74 bits per heavy atom. The van der Waals surface area contributed by atoms with E-state index < -0.39 is 0 Å². The molecule has 0 unspecified atom stereocenters. The van der Waals surface area contributed by atoms with Crippen molar-refractivity contribution in [2.75, 3.05) is 21.3 Å². The zero-order chi connectivity index (χ0) is 13.8. The normalized spacial score (nSPS) is 10.5. The van der Waals surface area contributed by atoms with Crippen LogP contribution in [0.25, 0.3) is 10.6 Å². The molecule has 4 nitrogen and oxygen atoms in total. The third kappa shape index (κ3) is 2.83. The summed E-state index contributed by atoms with van der Waals surface area (Å²) in [6, 6.07) is 3.73. The van der Waals surface area contributed by atoms with Crippen molar-refractivity contribution < 1.29 is 9.47 Å². The largest absolute Gasteiger partial charge is 0.493 e. The molecule has 1 aromatic heterocycles. The molecule has 0 bridgehead atoms. The fourth-order valence-corrected chi connectivity index (χ4v) is 3.08. The summed E-state index contributed by atoms with van der Waals surface area (Å²) in [5.41, 5.74) is 0.853. The summed E-state index contributed by atoms with van der Waals surface area (Å²) in [4.78, 5) is 5.55. The number of hydrogen-bond acceptors (Lipinski definition) is 5. The van der Waals surface area contributed by atoms with E-state index in [2.05, 4.69) is 10.3 Å². The highest BCUT2D eigenvalue weighted by Crippen LogP contribution is 2.42. The summed E-state index contributed by atoms with van der Waals surface area (Å²) >= 11 is 7.96. The van der Waals surface area contributed by atoms with Crippen LogP contribution in [0.5, 0.6) is 11.5 Å². The Labute approximate surface area is 121 Å². The molecule has 0 fully saturated rings. The molecular weight excluding hydrogens is 284 g/mol. The van der Waals surface area contributed by atoms with Crippen LogP contribution in [-0.2, 0) is 6.54 Å². The van der Waals surface area contributed by atoms with Crippen LogP contribution in [0.1, 0.15) is 4.88 Å². The lowest BCUT2D eigenvalue weighted by atomic mass is 10.2. The van der Waals surface area contributed by atoms with Crippen molar-refractivity contribution >= 4 is 22.9 Å². The molecule has 1 aromatic carbocycles. The highest BCUT2D eigenvalue weighted by molar-refractivity contribution is 7.15. The molecule has 0 saturated carbocycles. The van der Waals surface area contributed by atoms with Gasteiger partial charge in [0.2, 0.25) is 0 Å². The standard InChI is InChI=1S/C13H15ClN2O2S/c1-15-6-8-7-16-13(19-8)9-4-5-10(17-2)12(18-3)11(9)14/h4-5,7,15H,6H2,1-3H3. The minimum Gasteiger partial charge on any atom is -0.493 e. The number of nitrogens with zero attached hydrogens (tertiary/aromatic N) is 1. The molecule has 0 atom stereocenters. The maximum atomic E-state index is 6.36. The third-order valence-electron chi connectivity index (χ3n) is 2.62. The van der Waals surface area contributed by atoms with Gasteiger partial charge in [0.1, 0.15) is 5.01 Å². The van der Waals surface area contributed by atoms with Gasteiger partial charge in [-0.3, -0.25) is 0 Å². The summed E-state index contributed by atoms with van der Waals surface area (Å²) in [6.45, 7) is 0.794. The van der Waals surface area contributed by atoms with E-state index in [1.165, 1.54) is 0 Å². The Morgan fingerprint density at radius 1 is 1.32 bits per heavy atom. The molecule has 19 heavy (non-hydrogen) atoms. The zero-order valence-electron chi connectivity index (χ0n) is 11.0. The molecule has 2 aromatic rings. The fraction of sp³-hybridized carbons (Fsp3) is 0.308. The molecule has 0 aliphatic rings. The van der Waals surface area contributed by atoms with Crippen molar-refractivity contribution in [3.8, 4) is 22.1 Å². The maximum Gasteiger partial charge on any atom is 0.180 e. The first kappa shape index (κ1) is 14.1. The first-order valence-electron chi connectivity index (χ1n) is 5.71. The number of halogens is 1. The Morgan fingerprint density at radius 2 is 2.11 bits per heavy atom. The van der Waals surface area contributed by atoms with Gasteiger partial charge in [0.15, 0.2) is 11.5 Å². The lowest BCUT2D eigenvalue weighted by Crippen LogP contribution is -2.02. The van der Waals surface area contributed by atoms with Gasteiger partial charge in [-0.25, -0.2) is 4.98 Å². The van der Waals surface area contributed by atoms with Gasteiger partial charge >= 0.3 is 0 Å². The number of methoxy groups -OCH3 is 2. The van der Waals surface area contributed by atoms with Crippen LogP contribution < -0.4 is 14.8 Å². The third-order valence-corrected chi connectivity index (χ3v) is 4.03.